The zero-order chi connectivity index (χ0) is 38.8. The average molecular weight is 788 g/mol. The van der Waals surface area contributed by atoms with E-state index < -0.39 is 39.9 Å². The molecule has 11 nitrogen and oxygen atoms in total. The van der Waals surface area contributed by atoms with Crippen molar-refractivity contribution in [3.05, 3.63) is 98.9 Å². The van der Waals surface area contributed by atoms with Crippen LogP contribution in [0.2, 0.25) is 10.0 Å². The topological polar surface area (TPSA) is 127 Å². The summed E-state index contributed by atoms with van der Waals surface area (Å²) in [7, 11) is 1.64. The molecule has 0 radical (unpaired) electrons. The van der Waals surface area contributed by atoms with E-state index in [2.05, 4.69) is 10.1 Å². The molecule has 2 aliphatic rings. The van der Waals surface area contributed by atoms with E-state index in [1.165, 1.54) is 17.2 Å². The van der Waals surface area contributed by atoms with Gasteiger partial charge in [0.1, 0.15) is 28.5 Å². The van der Waals surface area contributed by atoms with Gasteiger partial charge in [0.05, 0.1) is 23.1 Å². The number of benzene rings is 2. The number of rotatable bonds is 12. The molecule has 54 heavy (non-hydrogen) atoms. The van der Waals surface area contributed by atoms with E-state index in [0.29, 0.717) is 23.6 Å². The number of ether oxygens (including phenoxy) is 3. The molecule has 2 aromatic heterocycles. The Bertz CT molecular complexity index is 1990. The van der Waals surface area contributed by atoms with Crippen LogP contribution in [0.5, 0.6) is 5.88 Å². The molecule has 1 aliphatic heterocycles. The first-order chi connectivity index (χ1) is 25.7. The molecule has 2 atom stereocenters. The summed E-state index contributed by atoms with van der Waals surface area (Å²) in [5, 5.41) is 16.4. The van der Waals surface area contributed by atoms with E-state index in [4.69, 9.17) is 41.9 Å². The number of carbonyl (C=O) groups is 2. The number of carbonyl (C=O) groups excluding carboxylic acids is 2. The fraction of sp³-hybridized carbons (Fsp3) is 0.436. The molecule has 0 unspecified atom stereocenters. The van der Waals surface area contributed by atoms with Crippen LogP contribution in [0, 0.1) is 17.6 Å². The van der Waals surface area contributed by atoms with E-state index >= 15 is 0 Å². The normalized spacial score (nSPS) is 18.8. The van der Waals surface area contributed by atoms with E-state index in [1.54, 1.807) is 44.9 Å². The van der Waals surface area contributed by atoms with Gasteiger partial charge in [-0.1, -0.05) is 40.5 Å². The van der Waals surface area contributed by atoms with Crippen LogP contribution < -0.4 is 4.74 Å². The highest BCUT2D eigenvalue weighted by atomic mass is 35.5. The first-order valence-electron chi connectivity index (χ1n) is 17.6. The largest absolute Gasteiger partial charge is 0.469 e. The summed E-state index contributed by atoms with van der Waals surface area (Å²) in [6.45, 7) is 5.96. The third kappa shape index (κ3) is 8.97. The predicted octanol–water partition coefficient (Wildman–Crippen LogP) is 7.73. The van der Waals surface area contributed by atoms with Crippen LogP contribution in [0.3, 0.4) is 0 Å². The number of halogens is 4. The number of piperidine rings is 1. The molecule has 1 aliphatic carbocycles. The van der Waals surface area contributed by atoms with Gasteiger partial charge in [0.2, 0.25) is 11.8 Å². The Balaban J connectivity index is 1.23. The Morgan fingerprint density at radius 2 is 1.85 bits per heavy atom. The van der Waals surface area contributed by atoms with Gasteiger partial charge in [-0.15, -0.1) is 0 Å². The van der Waals surface area contributed by atoms with Crippen molar-refractivity contribution in [2.75, 3.05) is 26.8 Å². The minimum Gasteiger partial charge on any atom is -0.469 e. The summed E-state index contributed by atoms with van der Waals surface area (Å²) in [6.07, 6.45) is 3.19. The maximum Gasteiger partial charge on any atom is 0.410 e. The number of hydrogen-bond donors (Lipinski definition) is 1. The number of aromatic nitrogens is 2. The van der Waals surface area contributed by atoms with Crippen molar-refractivity contribution in [2.24, 2.45) is 5.92 Å². The minimum absolute atomic E-state index is 0.00382. The standard InChI is InChI=1S/C39H42Cl2F2N4O7/c1-38(2,3)53-37(49)46-15-14-39(50,28(21-46)36(48)47(26-7-8-26)20-24-17-23(13-16-51-4)5-9-29(24)40)25-6-12-33(44-19-25)52-22-27-18-32(45-54-27)34-30(42)10-11-31(43)35(34)41/h5-6,9-12,17-19,26,28,50H,7-8,13-16,20-22H2,1-4H3/t28-,39+/m0/s1. The fourth-order valence-corrected chi connectivity index (χ4v) is 6.90. The van der Waals surface area contributed by atoms with Crippen molar-refractivity contribution >= 4 is 35.2 Å². The highest BCUT2D eigenvalue weighted by Crippen LogP contribution is 2.42. The second-order valence-corrected chi connectivity index (χ2v) is 15.4. The van der Waals surface area contributed by atoms with Gasteiger partial charge in [-0.2, -0.15) is 0 Å². The first-order valence-corrected chi connectivity index (χ1v) is 18.4. The lowest BCUT2D eigenvalue weighted by Gasteiger charge is -2.45. The van der Waals surface area contributed by atoms with Crippen molar-refractivity contribution in [2.45, 2.75) is 76.9 Å². The molecule has 2 amide bonds. The van der Waals surface area contributed by atoms with E-state index in [1.807, 2.05) is 18.2 Å². The molecule has 0 spiro atoms. The molecule has 288 valence electrons. The molecule has 6 rings (SSSR count). The lowest BCUT2D eigenvalue weighted by atomic mass is 9.75. The van der Waals surface area contributed by atoms with Crippen LogP contribution in [-0.4, -0.2) is 75.5 Å². The van der Waals surface area contributed by atoms with E-state index in [0.717, 1.165) is 36.1 Å². The molecule has 4 aromatic rings. The third-order valence-corrected chi connectivity index (χ3v) is 10.2. The van der Waals surface area contributed by atoms with Gasteiger partial charge in [0.25, 0.3) is 0 Å². The highest BCUT2D eigenvalue weighted by Gasteiger charge is 2.51. The van der Waals surface area contributed by atoms with E-state index in [-0.39, 0.29) is 67.5 Å². The zero-order valence-electron chi connectivity index (χ0n) is 30.4. The van der Waals surface area contributed by atoms with Crippen LogP contribution in [0.15, 0.2) is 59.3 Å². The van der Waals surface area contributed by atoms with Crippen molar-refractivity contribution < 1.29 is 42.2 Å². The molecular weight excluding hydrogens is 745 g/mol. The number of aliphatic hydroxyl groups is 1. The smallest absolute Gasteiger partial charge is 0.410 e. The van der Waals surface area contributed by atoms with E-state index in [9.17, 15) is 23.5 Å². The second-order valence-electron chi connectivity index (χ2n) is 14.6. The quantitative estimate of drug-likeness (QED) is 0.144. The summed E-state index contributed by atoms with van der Waals surface area (Å²) in [6, 6.07) is 12.1. The van der Waals surface area contributed by atoms with Crippen molar-refractivity contribution in [1.29, 1.82) is 0 Å². The minimum atomic E-state index is -1.70. The van der Waals surface area contributed by atoms with Gasteiger partial charge < -0.3 is 33.6 Å². The van der Waals surface area contributed by atoms with Crippen LogP contribution in [0.25, 0.3) is 11.3 Å². The Morgan fingerprint density at radius 1 is 1.09 bits per heavy atom. The number of pyridine rings is 1. The highest BCUT2D eigenvalue weighted by molar-refractivity contribution is 6.33. The molecule has 0 bridgehead atoms. The molecule has 1 saturated heterocycles. The maximum atomic E-state index is 14.7. The molecule has 15 heteroatoms. The number of methoxy groups -OCH3 is 1. The van der Waals surface area contributed by atoms with Gasteiger partial charge in [-0.25, -0.2) is 18.6 Å². The van der Waals surface area contributed by atoms with Crippen molar-refractivity contribution in [1.82, 2.24) is 19.9 Å². The second kappa shape index (κ2) is 16.2. The van der Waals surface area contributed by atoms with Crippen LogP contribution in [0.4, 0.5) is 13.6 Å². The van der Waals surface area contributed by atoms with Crippen LogP contribution in [-0.2, 0) is 39.4 Å². The van der Waals surface area contributed by atoms with Crippen LogP contribution in [0.1, 0.15) is 62.5 Å². The van der Waals surface area contributed by atoms with Crippen molar-refractivity contribution in [3.8, 4) is 17.1 Å². The van der Waals surface area contributed by atoms with Gasteiger partial charge in [-0.05, 0) is 81.8 Å². The average Bonchev–Trinajstić information content (AvgIpc) is 3.87. The number of likely N-dealkylation sites (tertiary alicyclic amines) is 1. The lowest BCUT2D eigenvalue weighted by molar-refractivity contribution is -0.155. The monoisotopic (exact) mass is 786 g/mol. The number of amides is 2. The SMILES string of the molecule is COCCc1ccc(Cl)c(CN(C(=O)[C@@H]2CN(C(=O)OC(C)(C)C)CC[C@@]2(O)c2ccc(OCc3cc(-c4c(F)ccc(F)c4Cl)no3)nc2)C2CC2)c1. The first kappa shape index (κ1) is 39.4. The fourth-order valence-electron chi connectivity index (χ4n) is 6.47. The van der Waals surface area contributed by atoms with Gasteiger partial charge in [-0.3, -0.25) is 4.79 Å². The van der Waals surface area contributed by atoms with Crippen molar-refractivity contribution in [3.63, 3.8) is 0 Å². The van der Waals surface area contributed by atoms with Gasteiger partial charge in [0, 0.05) is 61.7 Å². The molecule has 3 heterocycles. The lowest BCUT2D eigenvalue weighted by Crippen LogP contribution is -2.58. The summed E-state index contributed by atoms with van der Waals surface area (Å²) < 4.78 is 50.3. The molecule has 1 saturated carbocycles. The third-order valence-electron chi connectivity index (χ3n) is 9.47. The zero-order valence-corrected chi connectivity index (χ0v) is 31.9. The Morgan fingerprint density at radius 3 is 2.54 bits per heavy atom. The molecule has 2 aromatic carbocycles. The van der Waals surface area contributed by atoms with Gasteiger partial charge in [0.15, 0.2) is 12.4 Å². The summed E-state index contributed by atoms with van der Waals surface area (Å²) in [4.78, 5) is 35.6. The Labute approximate surface area is 322 Å². The number of nitrogens with zero attached hydrogens (tertiary/aromatic N) is 4. The van der Waals surface area contributed by atoms with Gasteiger partial charge >= 0.3 is 6.09 Å². The van der Waals surface area contributed by atoms with Crippen LogP contribution >= 0.6 is 23.2 Å². The molecule has 1 N–H and O–H groups in total. The Hall–Kier alpha value is -4.30. The summed E-state index contributed by atoms with van der Waals surface area (Å²) in [5.41, 5.74) is -0.534. The summed E-state index contributed by atoms with van der Waals surface area (Å²) >= 11 is 12.6. The predicted molar refractivity (Wildman–Crippen MR) is 196 cm³/mol. The summed E-state index contributed by atoms with van der Waals surface area (Å²) in [5.74, 6) is -2.59. The molecule has 2 fully saturated rings. The molecular formula is C39H42Cl2F2N4O7. The number of hydrogen-bond acceptors (Lipinski definition) is 9. The Kier molecular flexibility index (Phi) is 11.8. The maximum absolute atomic E-state index is 14.7.